The first kappa shape index (κ1) is 12.5. The maximum atomic E-state index is 12.2. The summed E-state index contributed by atoms with van der Waals surface area (Å²) in [5, 5.41) is 0. The predicted molar refractivity (Wildman–Crippen MR) is 61.5 cm³/mol. The van der Waals surface area contributed by atoms with Crippen LogP contribution in [0.2, 0.25) is 0 Å². The number of nitrogens with one attached hydrogen (secondary N) is 1. The number of imide groups is 1. The highest BCUT2D eigenvalue weighted by atomic mass is 16.5. The molecule has 2 rings (SSSR count). The third-order valence-corrected chi connectivity index (χ3v) is 3.42. The van der Waals surface area contributed by atoms with Gasteiger partial charge in [-0.15, -0.1) is 0 Å². The molecule has 0 aromatic heterocycles. The number of likely N-dealkylation sites (tertiary alicyclic amines) is 1. The summed E-state index contributed by atoms with van der Waals surface area (Å²) in [7, 11) is 0. The Morgan fingerprint density at radius 3 is 2.59 bits per heavy atom. The van der Waals surface area contributed by atoms with Crippen LogP contribution < -0.4 is 4.90 Å². The molecule has 0 saturated carbocycles. The van der Waals surface area contributed by atoms with Crippen molar-refractivity contribution in [3.8, 4) is 0 Å². The van der Waals surface area contributed by atoms with E-state index in [-0.39, 0.29) is 17.9 Å². The fraction of sp³-hybridized carbons (Fsp3) is 0.833. The second-order valence-corrected chi connectivity index (χ2v) is 5.26. The monoisotopic (exact) mass is 241 g/mol. The zero-order chi connectivity index (χ0) is 12.4. The van der Waals surface area contributed by atoms with Crippen LogP contribution in [-0.2, 0) is 14.3 Å². The molecule has 1 N–H and O–H groups in total. The minimum atomic E-state index is -0.162. The molecule has 0 aromatic carbocycles. The smallest absolute Gasteiger partial charge is 0.288 e. The Morgan fingerprint density at radius 2 is 2.00 bits per heavy atom. The van der Waals surface area contributed by atoms with E-state index in [0.717, 1.165) is 13.1 Å². The van der Waals surface area contributed by atoms with Gasteiger partial charge in [-0.1, -0.05) is 13.8 Å². The topological polar surface area (TPSA) is 51.1 Å². The molecule has 0 unspecified atom stereocenters. The van der Waals surface area contributed by atoms with Crippen molar-refractivity contribution in [2.75, 3.05) is 32.8 Å². The number of ether oxygens (including phenoxy) is 1. The Bertz CT molecular complexity index is 311. The van der Waals surface area contributed by atoms with Crippen molar-refractivity contribution in [2.24, 2.45) is 5.92 Å². The van der Waals surface area contributed by atoms with Crippen LogP contribution in [0.3, 0.4) is 0 Å². The summed E-state index contributed by atoms with van der Waals surface area (Å²) in [6, 6.07) is -0.162. The summed E-state index contributed by atoms with van der Waals surface area (Å²) < 4.78 is 5.28. The molecule has 2 aliphatic heterocycles. The summed E-state index contributed by atoms with van der Waals surface area (Å²) in [4.78, 5) is 26.7. The zero-order valence-electron chi connectivity index (χ0n) is 10.6. The first-order chi connectivity index (χ1) is 8.09. The Labute approximate surface area is 102 Å². The molecular weight excluding hydrogens is 220 g/mol. The maximum Gasteiger partial charge on any atom is 0.288 e. The van der Waals surface area contributed by atoms with Crippen LogP contribution in [0.5, 0.6) is 0 Å². The van der Waals surface area contributed by atoms with Crippen LogP contribution in [0.1, 0.15) is 20.3 Å². The van der Waals surface area contributed by atoms with Crippen LogP contribution >= 0.6 is 0 Å². The lowest BCUT2D eigenvalue weighted by atomic mass is 10.2. The molecule has 17 heavy (non-hydrogen) atoms. The number of rotatable bonds is 3. The standard InChI is InChI=1S/C12H20N2O3/c1-9(2)8-14-11(15)7-10(12(14)16)13-3-5-17-6-4-13/h9-10H,3-8H2,1-2H3/p+1/t10-/m0/s1. The molecule has 2 aliphatic rings. The molecule has 0 spiro atoms. The van der Waals surface area contributed by atoms with Crippen LogP contribution in [0, 0.1) is 5.92 Å². The molecule has 2 amide bonds. The van der Waals surface area contributed by atoms with Crippen molar-refractivity contribution in [3.05, 3.63) is 0 Å². The fourth-order valence-corrected chi connectivity index (χ4v) is 2.54. The van der Waals surface area contributed by atoms with Gasteiger partial charge in [0.15, 0.2) is 6.04 Å². The Hall–Kier alpha value is -0.940. The number of hydrogen-bond acceptors (Lipinski definition) is 3. The minimum Gasteiger partial charge on any atom is -0.370 e. The van der Waals surface area contributed by atoms with Gasteiger partial charge in [0.25, 0.3) is 5.91 Å². The zero-order valence-corrected chi connectivity index (χ0v) is 10.6. The number of amides is 2. The van der Waals surface area contributed by atoms with Gasteiger partial charge in [0.05, 0.1) is 19.6 Å². The van der Waals surface area contributed by atoms with E-state index >= 15 is 0 Å². The van der Waals surface area contributed by atoms with Gasteiger partial charge >= 0.3 is 0 Å². The molecule has 2 saturated heterocycles. The van der Waals surface area contributed by atoms with E-state index in [4.69, 9.17) is 4.74 Å². The number of carbonyl (C=O) groups is 2. The maximum absolute atomic E-state index is 12.2. The summed E-state index contributed by atoms with van der Waals surface area (Å²) in [5.74, 6) is 0.342. The van der Waals surface area contributed by atoms with Crippen molar-refractivity contribution in [1.29, 1.82) is 0 Å². The molecule has 0 aromatic rings. The third-order valence-electron chi connectivity index (χ3n) is 3.42. The molecule has 5 nitrogen and oxygen atoms in total. The van der Waals surface area contributed by atoms with Crippen LogP contribution in [0.4, 0.5) is 0 Å². The second-order valence-electron chi connectivity index (χ2n) is 5.26. The van der Waals surface area contributed by atoms with E-state index in [2.05, 4.69) is 0 Å². The SMILES string of the molecule is CC(C)CN1C(=O)C[C@H]([NH+]2CCOCC2)C1=O. The molecule has 5 heteroatoms. The Kier molecular flexibility index (Phi) is 3.79. The van der Waals surface area contributed by atoms with Gasteiger partial charge in [0.2, 0.25) is 5.91 Å². The largest absolute Gasteiger partial charge is 0.370 e. The number of hydrogen-bond donors (Lipinski definition) is 1. The van der Waals surface area contributed by atoms with Crippen LogP contribution in [0.25, 0.3) is 0 Å². The van der Waals surface area contributed by atoms with Gasteiger partial charge in [-0.2, -0.15) is 0 Å². The summed E-state index contributed by atoms with van der Waals surface area (Å²) >= 11 is 0. The van der Waals surface area contributed by atoms with Crippen molar-refractivity contribution >= 4 is 11.8 Å². The normalized spacial score (nSPS) is 27.2. The van der Waals surface area contributed by atoms with E-state index in [9.17, 15) is 9.59 Å². The highest BCUT2D eigenvalue weighted by Gasteiger charge is 2.45. The van der Waals surface area contributed by atoms with Crippen molar-refractivity contribution in [3.63, 3.8) is 0 Å². The van der Waals surface area contributed by atoms with Gasteiger partial charge in [0.1, 0.15) is 13.1 Å². The first-order valence-corrected chi connectivity index (χ1v) is 6.36. The van der Waals surface area contributed by atoms with Gasteiger partial charge in [-0.3, -0.25) is 14.5 Å². The lowest BCUT2D eigenvalue weighted by molar-refractivity contribution is -0.922. The predicted octanol–water partition coefficient (Wildman–Crippen LogP) is -1.31. The number of nitrogens with zero attached hydrogens (tertiary/aromatic N) is 1. The molecular formula is C12H21N2O3+. The molecule has 0 radical (unpaired) electrons. The average Bonchev–Trinajstić information content (AvgIpc) is 2.58. The second kappa shape index (κ2) is 5.14. The van der Waals surface area contributed by atoms with Crippen molar-refractivity contribution < 1.29 is 19.2 Å². The van der Waals surface area contributed by atoms with E-state index in [1.54, 1.807) is 0 Å². The molecule has 2 fully saturated rings. The molecule has 0 bridgehead atoms. The first-order valence-electron chi connectivity index (χ1n) is 6.36. The van der Waals surface area contributed by atoms with Gasteiger partial charge < -0.3 is 9.64 Å². The van der Waals surface area contributed by atoms with Crippen LogP contribution in [0.15, 0.2) is 0 Å². The van der Waals surface area contributed by atoms with E-state index in [1.807, 2.05) is 13.8 Å². The molecule has 96 valence electrons. The summed E-state index contributed by atoms with van der Waals surface area (Å²) in [5.41, 5.74) is 0. The average molecular weight is 241 g/mol. The number of quaternary nitrogens is 1. The molecule has 1 atom stereocenters. The Balaban J connectivity index is 2.01. The van der Waals surface area contributed by atoms with Gasteiger partial charge in [-0.25, -0.2) is 0 Å². The minimum absolute atomic E-state index is 0.00677. The lowest BCUT2D eigenvalue weighted by Crippen LogP contribution is -3.18. The number of morpholine rings is 1. The molecule has 0 aliphatic carbocycles. The highest BCUT2D eigenvalue weighted by molar-refractivity contribution is 6.04. The molecule has 2 heterocycles. The summed E-state index contributed by atoms with van der Waals surface area (Å²) in [6.45, 7) is 7.65. The Morgan fingerprint density at radius 1 is 1.35 bits per heavy atom. The fourth-order valence-electron chi connectivity index (χ4n) is 2.54. The third kappa shape index (κ3) is 2.66. The van der Waals surface area contributed by atoms with Gasteiger partial charge in [-0.05, 0) is 5.92 Å². The summed E-state index contributed by atoms with van der Waals surface area (Å²) in [6.07, 6.45) is 0.376. The lowest BCUT2D eigenvalue weighted by Gasteiger charge is -2.27. The number of carbonyl (C=O) groups excluding carboxylic acids is 2. The van der Waals surface area contributed by atoms with E-state index in [1.165, 1.54) is 9.80 Å². The van der Waals surface area contributed by atoms with E-state index in [0.29, 0.717) is 32.1 Å². The van der Waals surface area contributed by atoms with Gasteiger partial charge in [0, 0.05) is 6.54 Å². The highest BCUT2D eigenvalue weighted by Crippen LogP contribution is 2.13. The van der Waals surface area contributed by atoms with Crippen molar-refractivity contribution in [2.45, 2.75) is 26.3 Å². The van der Waals surface area contributed by atoms with E-state index < -0.39 is 0 Å². The van der Waals surface area contributed by atoms with Crippen LogP contribution in [-0.4, -0.2) is 55.6 Å². The quantitative estimate of drug-likeness (QED) is 0.624. The van der Waals surface area contributed by atoms with Crippen molar-refractivity contribution in [1.82, 2.24) is 4.90 Å².